The molecule has 1 heterocycles. The molecular weight excluding hydrogens is 501 g/mol. The van der Waals surface area contributed by atoms with Gasteiger partial charge in [0.2, 0.25) is 0 Å². The topological polar surface area (TPSA) is 67.3 Å². The average molecular weight is 517 g/mol. The number of aromatic nitrogens is 1. The van der Waals surface area contributed by atoms with Gasteiger partial charge in [-0.25, -0.2) is 0 Å². The molecule has 0 unspecified atom stereocenters. The van der Waals surface area contributed by atoms with E-state index < -0.39 is 21.7 Å². The Hall–Kier alpha value is -1.88. The van der Waals surface area contributed by atoms with E-state index in [2.05, 4.69) is 20.9 Å². The second-order valence-electron chi connectivity index (χ2n) is 6.01. The number of carbonyl (C=O) groups excluding carboxylic acids is 1. The van der Waals surface area contributed by atoms with Crippen molar-refractivity contribution in [3.05, 3.63) is 87.7 Å². The van der Waals surface area contributed by atoms with Gasteiger partial charge in [-0.05, 0) is 0 Å². The first-order valence-electron chi connectivity index (χ1n) is 8.35. The molecule has 3 rings (SSSR count). The molecule has 2 aromatic carbocycles. The van der Waals surface area contributed by atoms with Gasteiger partial charge in [0.1, 0.15) is 0 Å². The van der Waals surface area contributed by atoms with Crippen molar-refractivity contribution in [3.8, 4) is 0 Å². The summed E-state index contributed by atoms with van der Waals surface area (Å²) in [7, 11) is 0. The molecule has 0 aliphatic heterocycles. The quantitative estimate of drug-likeness (QED) is 0.374. The molecule has 0 saturated heterocycles. The van der Waals surface area contributed by atoms with Crippen LogP contribution in [0.4, 0.5) is 0 Å². The molecule has 0 aliphatic rings. The van der Waals surface area contributed by atoms with E-state index in [1.54, 1.807) is 36.3 Å². The van der Waals surface area contributed by atoms with E-state index in [0.717, 1.165) is 16.2 Å². The fraction of sp³-hybridized carbons (Fsp3) is 0.0952. The second kappa shape index (κ2) is 9.55. The van der Waals surface area contributed by atoms with Crippen LogP contribution in [-0.2, 0) is 5.75 Å². The second-order valence-corrected chi connectivity index (χ2v) is 10.2. The Morgan fingerprint density at radius 2 is 1.89 bits per heavy atom. The van der Waals surface area contributed by atoms with Crippen molar-refractivity contribution in [2.24, 2.45) is 0 Å². The van der Waals surface area contributed by atoms with Gasteiger partial charge in [-0.1, -0.05) is 0 Å². The summed E-state index contributed by atoms with van der Waals surface area (Å²) in [6.45, 7) is 1.84. The SMILES string of the molecule is Cc1cc(Br)cc(C(=O)O)c1[As]C(=O)c1cccc(SCc2ccncc2)c1. The maximum atomic E-state index is 12.9. The molecule has 0 atom stereocenters. The van der Waals surface area contributed by atoms with Crippen LogP contribution in [0.3, 0.4) is 0 Å². The number of nitrogens with zero attached hydrogens (tertiary/aromatic N) is 1. The van der Waals surface area contributed by atoms with Crippen LogP contribution < -0.4 is 4.35 Å². The predicted molar refractivity (Wildman–Crippen MR) is 116 cm³/mol. The van der Waals surface area contributed by atoms with Gasteiger partial charge in [-0.15, -0.1) is 0 Å². The van der Waals surface area contributed by atoms with Crippen LogP contribution in [0.5, 0.6) is 0 Å². The molecule has 0 amide bonds. The Bertz CT molecular complexity index is 1030. The van der Waals surface area contributed by atoms with E-state index in [1.165, 1.54) is 5.56 Å². The van der Waals surface area contributed by atoms with Crippen molar-refractivity contribution in [1.82, 2.24) is 4.98 Å². The zero-order valence-corrected chi connectivity index (χ0v) is 19.2. The third-order valence-corrected chi connectivity index (χ3v) is 8.15. The summed E-state index contributed by atoms with van der Waals surface area (Å²) in [6, 6.07) is 14.9. The summed E-state index contributed by atoms with van der Waals surface area (Å²) in [5.74, 6) is -0.216. The standard InChI is InChI=1S/C21H16AsBrNO3S/c1-13-9-16(23)11-18(21(26)27)19(13)22-20(25)15-3-2-4-17(10-15)28-12-14-5-7-24-8-6-14/h2-11H,12H2,1H3,(H,26,27). The zero-order chi connectivity index (χ0) is 20.1. The number of rotatable bonds is 7. The zero-order valence-electron chi connectivity index (χ0n) is 14.9. The number of benzene rings is 2. The Kier molecular flexibility index (Phi) is 7.11. The Morgan fingerprint density at radius 1 is 1.14 bits per heavy atom. The summed E-state index contributed by atoms with van der Waals surface area (Å²) in [5.41, 5.74) is 2.81. The molecule has 4 nitrogen and oxygen atoms in total. The first-order valence-corrected chi connectivity index (χ1v) is 12.0. The molecule has 0 aliphatic carbocycles. The van der Waals surface area contributed by atoms with E-state index in [0.29, 0.717) is 14.4 Å². The van der Waals surface area contributed by atoms with E-state index in [9.17, 15) is 14.7 Å². The van der Waals surface area contributed by atoms with Gasteiger partial charge in [0.15, 0.2) is 0 Å². The van der Waals surface area contributed by atoms with Crippen LogP contribution >= 0.6 is 27.7 Å². The molecule has 1 radical (unpaired) electrons. The first-order chi connectivity index (χ1) is 13.4. The molecule has 3 aromatic rings. The van der Waals surface area contributed by atoms with Crippen molar-refractivity contribution >= 4 is 58.3 Å². The summed E-state index contributed by atoms with van der Waals surface area (Å²) in [6.07, 6.45) is 3.53. The number of carbonyl (C=O) groups is 2. The minimum absolute atomic E-state index is 0.00414. The van der Waals surface area contributed by atoms with Crippen LogP contribution in [0.2, 0.25) is 0 Å². The summed E-state index contributed by atoms with van der Waals surface area (Å²) in [4.78, 5) is 29.5. The van der Waals surface area contributed by atoms with E-state index in [-0.39, 0.29) is 10.1 Å². The van der Waals surface area contributed by atoms with Gasteiger partial charge >= 0.3 is 183 Å². The minimum atomic E-state index is -1.01. The van der Waals surface area contributed by atoms with E-state index in [4.69, 9.17) is 0 Å². The summed E-state index contributed by atoms with van der Waals surface area (Å²) < 4.78 is 1.34. The fourth-order valence-electron chi connectivity index (χ4n) is 2.58. The number of pyridine rings is 1. The molecule has 1 aromatic heterocycles. The van der Waals surface area contributed by atoms with Gasteiger partial charge < -0.3 is 0 Å². The Labute approximate surface area is 182 Å². The van der Waals surface area contributed by atoms with E-state index >= 15 is 0 Å². The van der Waals surface area contributed by atoms with Crippen molar-refractivity contribution < 1.29 is 14.7 Å². The molecular formula is C21H16AsBrNO3S. The summed E-state index contributed by atoms with van der Waals surface area (Å²) in [5, 5.41) is 9.50. The number of hydrogen-bond donors (Lipinski definition) is 1. The maximum absolute atomic E-state index is 12.9. The van der Waals surface area contributed by atoms with Crippen LogP contribution in [-0.4, -0.2) is 36.4 Å². The summed E-state index contributed by atoms with van der Waals surface area (Å²) >= 11 is 4.03. The molecule has 0 fully saturated rings. The normalized spacial score (nSPS) is 11.1. The van der Waals surface area contributed by atoms with Crippen LogP contribution in [0.15, 0.2) is 70.3 Å². The van der Waals surface area contributed by atoms with Crippen LogP contribution in [0.25, 0.3) is 0 Å². The Balaban J connectivity index is 1.78. The number of carboxylic acid groups (broad SMARTS) is 1. The van der Waals surface area contributed by atoms with Crippen molar-refractivity contribution in [1.29, 1.82) is 0 Å². The number of hydrogen-bond acceptors (Lipinski definition) is 4. The third kappa shape index (κ3) is 5.34. The number of carboxylic acids is 1. The molecule has 0 spiro atoms. The number of thioether (sulfide) groups is 1. The fourth-order valence-corrected chi connectivity index (χ4v) is 6.14. The van der Waals surface area contributed by atoms with Crippen molar-refractivity contribution in [3.63, 3.8) is 0 Å². The number of halogens is 1. The van der Waals surface area contributed by atoms with Gasteiger partial charge in [-0.2, -0.15) is 0 Å². The van der Waals surface area contributed by atoms with Gasteiger partial charge in [0.05, 0.1) is 0 Å². The number of aromatic carboxylic acids is 1. The van der Waals surface area contributed by atoms with Gasteiger partial charge in [-0.3, -0.25) is 0 Å². The Morgan fingerprint density at radius 3 is 2.61 bits per heavy atom. The third-order valence-electron chi connectivity index (χ3n) is 3.94. The van der Waals surface area contributed by atoms with Crippen LogP contribution in [0, 0.1) is 6.92 Å². The van der Waals surface area contributed by atoms with Gasteiger partial charge in [0.25, 0.3) is 0 Å². The number of aryl methyl sites for hydroxylation is 1. The molecule has 1 N–H and O–H groups in total. The monoisotopic (exact) mass is 516 g/mol. The molecule has 7 heteroatoms. The molecule has 28 heavy (non-hydrogen) atoms. The molecule has 0 bridgehead atoms. The van der Waals surface area contributed by atoms with Crippen molar-refractivity contribution in [2.75, 3.05) is 0 Å². The molecule has 0 saturated carbocycles. The first kappa shape index (κ1) is 20.8. The van der Waals surface area contributed by atoms with E-state index in [1.807, 2.05) is 43.3 Å². The van der Waals surface area contributed by atoms with Crippen LogP contribution in [0.1, 0.15) is 31.8 Å². The van der Waals surface area contributed by atoms with Crippen molar-refractivity contribution in [2.45, 2.75) is 17.6 Å². The predicted octanol–water partition coefficient (Wildman–Crippen LogP) is 4.31. The average Bonchev–Trinajstić information content (AvgIpc) is 2.69. The molecule has 141 valence electrons. The van der Waals surface area contributed by atoms with Gasteiger partial charge in [0, 0.05) is 0 Å².